The fourth-order valence-corrected chi connectivity index (χ4v) is 1.96. The third-order valence-electron chi connectivity index (χ3n) is 2.87. The second-order valence-electron chi connectivity index (χ2n) is 4.55. The first-order chi connectivity index (χ1) is 10.8. The van der Waals surface area contributed by atoms with Gasteiger partial charge in [-0.3, -0.25) is 10.4 Å². The van der Waals surface area contributed by atoms with E-state index in [0.717, 1.165) is 11.4 Å². The monoisotopic (exact) mass is 310 g/mol. The van der Waals surface area contributed by atoms with E-state index in [0.29, 0.717) is 18.1 Å². The van der Waals surface area contributed by atoms with Gasteiger partial charge in [-0.2, -0.15) is 5.10 Å². The smallest absolute Gasteiger partial charge is 0.187 e. The lowest BCUT2D eigenvalue weighted by atomic mass is 10.1. The van der Waals surface area contributed by atoms with Crippen LogP contribution >= 0.6 is 12.2 Å². The van der Waals surface area contributed by atoms with Gasteiger partial charge in [-0.15, -0.1) is 6.58 Å². The molecule has 0 amide bonds. The van der Waals surface area contributed by atoms with Crippen molar-refractivity contribution in [2.24, 2.45) is 5.10 Å². The normalized spacial score (nSPS) is 10.8. The number of hydrogen-bond donors (Lipinski definition) is 2. The van der Waals surface area contributed by atoms with Crippen LogP contribution in [0.5, 0.6) is 0 Å². The van der Waals surface area contributed by atoms with Gasteiger partial charge in [0.1, 0.15) is 0 Å². The van der Waals surface area contributed by atoms with Gasteiger partial charge in [0.05, 0.1) is 11.4 Å². The second-order valence-corrected chi connectivity index (χ2v) is 4.95. The molecule has 2 rings (SSSR count). The predicted molar refractivity (Wildman–Crippen MR) is 94.9 cm³/mol. The largest absolute Gasteiger partial charge is 0.358 e. The summed E-state index contributed by atoms with van der Waals surface area (Å²) in [5.74, 6) is 0. The fraction of sp³-hybridized carbons (Fsp3) is 0.118. The molecule has 0 saturated carbocycles. The standard InChI is InChI=1S/C17H18N4S/c1-2-11-19-17(22)21-20-16(15-10-6-7-12-18-15)13-14-8-4-3-5-9-14/h2-10,12H,1,11,13H2,(H2,19,21,22). The molecule has 0 saturated heterocycles. The molecule has 112 valence electrons. The van der Waals surface area contributed by atoms with Gasteiger partial charge in [0, 0.05) is 19.2 Å². The van der Waals surface area contributed by atoms with E-state index in [1.807, 2.05) is 36.4 Å². The van der Waals surface area contributed by atoms with E-state index in [1.165, 1.54) is 5.56 Å². The second kappa shape index (κ2) is 8.69. The van der Waals surface area contributed by atoms with E-state index in [2.05, 4.69) is 39.5 Å². The lowest BCUT2D eigenvalue weighted by molar-refractivity contribution is 0.930. The van der Waals surface area contributed by atoms with Crippen LogP contribution in [-0.2, 0) is 6.42 Å². The van der Waals surface area contributed by atoms with E-state index in [-0.39, 0.29) is 0 Å². The van der Waals surface area contributed by atoms with E-state index < -0.39 is 0 Å². The molecule has 0 aliphatic heterocycles. The minimum absolute atomic E-state index is 0.460. The van der Waals surface area contributed by atoms with E-state index >= 15 is 0 Å². The predicted octanol–water partition coefficient (Wildman–Crippen LogP) is 2.68. The zero-order valence-corrected chi connectivity index (χ0v) is 13.0. The van der Waals surface area contributed by atoms with Gasteiger partial charge >= 0.3 is 0 Å². The van der Waals surface area contributed by atoms with Crippen LogP contribution in [0.4, 0.5) is 0 Å². The Morgan fingerprint density at radius 2 is 1.95 bits per heavy atom. The maximum atomic E-state index is 5.15. The maximum absolute atomic E-state index is 5.15. The SMILES string of the molecule is C=CCNC(=S)NN=C(Cc1ccccc1)c1ccccn1. The summed E-state index contributed by atoms with van der Waals surface area (Å²) in [5, 5.41) is 7.85. The van der Waals surface area contributed by atoms with Crippen LogP contribution < -0.4 is 10.7 Å². The van der Waals surface area contributed by atoms with E-state index in [9.17, 15) is 0 Å². The average Bonchev–Trinajstić information content (AvgIpc) is 2.58. The highest BCUT2D eigenvalue weighted by atomic mass is 32.1. The first kappa shape index (κ1) is 15.9. The first-order valence-electron chi connectivity index (χ1n) is 6.96. The fourth-order valence-electron chi connectivity index (χ4n) is 1.83. The average molecular weight is 310 g/mol. The molecule has 0 aliphatic carbocycles. The van der Waals surface area contributed by atoms with Crippen LogP contribution in [0.15, 0.2) is 72.5 Å². The van der Waals surface area contributed by atoms with Gasteiger partial charge in [-0.25, -0.2) is 0 Å². The van der Waals surface area contributed by atoms with Crippen molar-refractivity contribution < 1.29 is 0 Å². The van der Waals surface area contributed by atoms with Crippen molar-refractivity contribution in [1.82, 2.24) is 15.7 Å². The van der Waals surface area contributed by atoms with Crippen LogP contribution in [0.25, 0.3) is 0 Å². The molecule has 1 aromatic carbocycles. The van der Waals surface area contributed by atoms with Crippen molar-refractivity contribution in [3.63, 3.8) is 0 Å². The Kier molecular flexibility index (Phi) is 6.26. The van der Waals surface area contributed by atoms with Crippen molar-refractivity contribution >= 4 is 23.0 Å². The van der Waals surface area contributed by atoms with Crippen LogP contribution in [0.2, 0.25) is 0 Å². The maximum Gasteiger partial charge on any atom is 0.187 e. The minimum Gasteiger partial charge on any atom is -0.358 e. The zero-order chi connectivity index (χ0) is 15.6. The molecule has 22 heavy (non-hydrogen) atoms. The van der Waals surface area contributed by atoms with Gasteiger partial charge in [0.25, 0.3) is 0 Å². The zero-order valence-electron chi connectivity index (χ0n) is 12.2. The molecule has 0 bridgehead atoms. The van der Waals surface area contributed by atoms with Gasteiger partial charge in [0.15, 0.2) is 5.11 Å². The molecule has 0 fully saturated rings. The molecular weight excluding hydrogens is 292 g/mol. The number of thiocarbonyl (C=S) groups is 1. The minimum atomic E-state index is 0.460. The number of hydrogen-bond acceptors (Lipinski definition) is 3. The Morgan fingerprint density at radius 1 is 1.18 bits per heavy atom. The third-order valence-corrected chi connectivity index (χ3v) is 3.11. The molecule has 0 spiro atoms. The molecule has 5 heteroatoms. The Bertz CT molecular complexity index is 638. The quantitative estimate of drug-likeness (QED) is 0.373. The molecule has 1 aromatic heterocycles. The summed E-state index contributed by atoms with van der Waals surface area (Å²) in [6.07, 6.45) is 4.17. The number of rotatable bonds is 6. The first-order valence-corrected chi connectivity index (χ1v) is 7.37. The summed E-state index contributed by atoms with van der Waals surface area (Å²) in [6.45, 7) is 4.23. The highest BCUT2D eigenvalue weighted by molar-refractivity contribution is 7.80. The van der Waals surface area contributed by atoms with Crippen molar-refractivity contribution in [1.29, 1.82) is 0 Å². The number of nitrogens with zero attached hydrogens (tertiary/aromatic N) is 2. The van der Waals surface area contributed by atoms with Crippen molar-refractivity contribution in [3.8, 4) is 0 Å². The molecular formula is C17H18N4S. The van der Waals surface area contributed by atoms with Crippen LogP contribution in [0.1, 0.15) is 11.3 Å². The molecule has 2 N–H and O–H groups in total. The summed E-state index contributed by atoms with van der Waals surface area (Å²) in [7, 11) is 0. The number of nitrogens with one attached hydrogen (secondary N) is 2. The highest BCUT2D eigenvalue weighted by Crippen LogP contribution is 2.06. The lowest BCUT2D eigenvalue weighted by Crippen LogP contribution is -2.33. The van der Waals surface area contributed by atoms with Crippen molar-refractivity contribution in [2.45, 2.75) is 6.42 Å². The number of pyridine rings is 1. The van der Waals surface area contributed by atoms with E-state index in [1.54, 1.807) is 12.3 Å². The summed E-state index contributed by atoms with van der Waals surface area (Å²) in [6, 6.07) is 15.9. The summed E-state index contributed by atoms with van der Waals surface area (Å²) in [5.41, 5.74) is 5.67. The Balaban J connectivity index is 2.15. The number of benzene rings is 1. The molecule has 0 unspecified atom stereocenters. The van der Waals surface area contributed by atoms with Crippen molar-refractivity contribution in [2.75, 3.05) is 6.54 Å². The van der Waals surface area contributed by atoms with Crippen molar-refractivity contribution in [3.05, 3.63) is 78.6 Å². The Hall–Kier alpha value is -2.53. The topological polar surface area (TPSA) is 49.3 Å². The molecule has 2 aromatic rings. The Morgan fingerprint density at radius 3 is 2.64 bits per heavy atom. The molecule has 0 aliphatic rings. The van der Waals surface area contributed by atoms with Gasteiger partial charge in [-0.05, 0) is 29.9 Å². The summed E-state index contributed by atoms with van der Waals surface area (Å²) >= 11 is 5.15. The third kappa shape index (κ3) is 5.10. The summed E-state index contributed by atoms with van der Waals surface area (Å²) < 4.78 is 0. The van der Waals surface area contributed by atoms with Gasteiger partial charge < -0.3 is 5.32 Å². The molecule has 0 radical (unpaired) electrons. The summed E-state index contributed by atoms with van der Waals surface area (Å²) in [4.78, 5) is 4.36. The highest BCUT2D eigenvalue weighted by Gasteiger charge is 2.06. The van der Waals surface area contributed by atoms with Gasteiger partial charge in [0.2, 0.25) is 0 Å². The van der Waals surface area contributed by atoms with Crippen LogP contribution in [-0.4, -0.2) is 22.4 Å². The Labute approximate surface area is 136 Å². The molecule has 4 nitrogen and oxygen atoms in total. The molecule has 1 heterocycles. The lowest BCUT2D eigenvalue weighted by Gasteiger charge is -2.09. The van der Waals surface area contributed by atoms with Gasteiger partial charge in [-0.1, -0.05) is 42.5 Å². The van der Waals surface area contributed by atoms with Crippen LogP contribution in [0, 0.1) is 0 Å². The number of aromatic nitrogens is 1. The van der Waals surface area contributed by atoms with E-state index in [4.69, 9.17) is 12.2 Å². The molecule has 0 atom stereocenters. The van der Waals surface area contributed by atoms with Crippen LogP contribution in [0.3, 0.4) is 0 Å². The number of hydrazone groups is 1.